The summed E-state index contributed by atoms with van der Waals surface area (Å²) in [5.41, 5.74) is 3.61. The maximum Gasteiger partial charge on any atom is 0.241 e. The fraction of sp³-hybridized carbons (Fsp3) is 0.350. The summed E-state index contributed by atoms with van der Waals surface area (Å²) in [5.74, 6) is 0.140. The number of sulfonamides is 1. The summed E-state index contributed by atoms with van der Waals surface area (Å²) >= 11 is 0. The molecule has 1 unspecified atom stereocenters. The molecule has 1 atom stereocenters. The van der Waals surface area contributed by atoms with E-state index >= 15 is 0 Å². The van der Waals surface area contributed by atoms with Gasteiger partial charge >= 0.3 is 0 Å². The van der Waals surface area contributed by atoms with Crippen LogP contribution in [0.4, 0.5) is 5.69 Å². The van der Waals surface area contributed by atoms with Gasteiger partial charge in [0, 0.05) is 6.07 Å². The zero-order chi connectivity index (χ0) is 20.2. The zero-order valence-corrected chi connectivity index (χ0v) is 17.1. The Morgan fingerprint density at radius 3 is 2.48 bits per heavy atom. The van der Waals surface area contributed by atoms with E-state index in [-0.39, 0.29) is 18.5 Å². The number of benzene rings is 2. The highest BCUT2D eigenvalue weighted by atomic mass is 32.2. The van der Waals surface area contributed by atoms with Gasteiger partial charge in [-0.05, 0) is 44.0 Å². The van der Waals surface area contributed by atoms with Gasteiger partial charge in [0.2, 0.25) is 15.9 Å². The van der Waals surface area contributed by atoms with Gasteiger partial charge in [-0.25, -0.2) is 8.42 Å². The Balaban J connectivity index is 2.18. The van der Waals surface area contributed by atoms with Gasteiger partial charge in [0.05, 0.1) is 25.1 Å². The quantitative estimate of drug-likeness (QED) is 0.789. The Morgan fingerprint density at radius 1 is 1.19 bits per heavy atom. The van der Waals surface area contributed by atoms with Crippen molar-refractivity contribution >= 4 is 21.6 Å². The minimum Gasteiger partial charge on any atom is -0.497 e. The van der Waals surface area contributed by atoms with E-state index in [1.807, 2.05) is 32.9 Å². The maximum atomic E-state index is 12.5. The Labute approximate surface area is 161 Å². The summed E-state index contributed by atoms with van der Waals surface area (Å²) in [6.45, 7) is 5.58. The molecule has 2 aromatic carbocycles. The average Bonchev–Trinajstić information content (AvgIpc) is 2.58. The minimum absolute atomic E-state index is 0.232. The highest BCUT2D eigenvalue weighted by Crippen LogP contribution is 2.23. The van der Waals surface area contributed by atoms with Gasteiger partial charge in [0.15, 0.2) is 0 Å². The number of ether oxygens (including phenoxy) is 1. The first-order valence-electron chi connectivity index (χ1n) is 8.60. The van der Waals surface area contributed by atoms with Gasteiger partial charge in [0.1, 0.15) is 12.3 Å². The molecule has 0 aliphatic carbocycles. The lowest BCUT2D eigenvalue weighted by atomic mass is 10.0. The number of hydrogen-bond acceptors (Lipinski definition) is 4. The molecule has 0 aliphatic heterocycles. The summed E-state index contributed by atoms with van der Waals surface area (Å²) in [6, 6.07) is 12.4. The van der Waals surface area contributed by atoms with Crippen LogP contribution in [0.5, 0.6) is 5.75 Å². The van der Waals surface area contributed by atoms with E-state index in [9.17, 15) is 13.2 Å². The Morgan fingerprint density at radius 2 is 1.89 bits per heavy atom. The van der Waals surface area contributed by atoms with E-state index in [2.05, 4.69) is 11.4 Å². The van der Waals surface area contributed by atoms with Crippen LogP contribution in [0.15, 0.2) is 42.5 Å². The average molecular weight is 391 g/mol. The van der Waals surface area contributed by atoms with Crippen LogP contribution < -0.4 is 14.4 Å². The monoisotopic (exact) mass is 390 g/mol. The molecule has 0 aliphatic rings. The minimum atomic E-state index is -3.64. The highest BCUT2D eigenvalue weighted by Gasteiger charge is 2.22. The largest absolute Gasteiger partial charge is 0.497 e. The molecular weight excluding hydrogens is 364 g/mol. The van der Waals surface area contributed by atoms with E-state index in [0.29, 0.717) is 11.4 Å². The molecular formula is C20H26N2O4S. The number of nitrogens with one attached hydrogen (secondary N) is 1. The molecule has 2 aromatic rings. The molecule has 146 valence electrons. The van der Waals surface area contributed by atoms with E-state index in [1.54, 1.807) is 24.3 Å². The van der Waals surface area contributed by atoms with Gasteiger partial charge < -0.3 is 10.1 Å². The third-order valence-corrected chi connectivity index (χ3v) is 5.44. The van der Waals surface area contributed by atoms with Crippen LogP contribution in [0.3, 0.4) is 0 Å². The number of aryl methyl sites for hydroxylation is 2. The third kappa shape index (κ3) is 5.47. The number of methoxy groups -OCH3 is 1. The van der Waals surface area contributed by atoms with Gasteiger partial charge in [-0.3, -0.25) is 9.10 Å². The van der Waals surface area contributed by atoms with Crippen molar-refractivity contribution in [3.63, 3.8) is 0 Å². The van der Waals surface area contributed by atoms with E-state index < -0.39 is 10.0 Å². The highest BCUT2D eigenvalue weighted by molar-refractivity contribution is 7.92. The second-order valence-electron chi connectivity index (χ2n) is 6.62. The summed E-state index contributed by atoms with van der Waals surface area (Å²) in [7, 11) is -2.13. The molecule has 0 spiro atoms. The fourth-order valence-corrected chi connectivity index (χ4v) is 3.82. The molecule has 2 rings (SSSR count). The van der Waals surface area contributed by atoms with E-state index in [4.69, 9.17) is 4.74 Å². The summed E-state index contributed by atoms with van der Waals surface area (Å²) < 4.78 is 30.7. The predicted octanol–water partition coefficient (Wildman–Crippen LogP) is 2.96. The molecule has 1 N–H and O–H groups in total. The van der Waals surface area contributed by atoms with Crippen molar-refractivity contribution in [2.24, 2.45) is 0 Å². The Hall–Kier alpha value is -2.54. The summed E-state index contributed by atoms with van der Waals surface area (Å²) in [6.07, 6.45) is 1.08. The number of carbonyl (C=O) groups is 1. The molecule has 27 heavy (non-hydrogen) atoms. The van der Waals surface area contributed by atoms with Crippen molar-refractivity contribution in [1.82, 2.24) is 5.32 Å². The molecule has 0 heterocycles. The van der Waals surface area contributed by atoms with Crippen molar-refractivity contribution in [2.45, 2.75) is 26.8 Å². The standard InChI is InChI=1S/C20H26N2O4S/c1-14-9-10-19(15(2)11-14)16(3)21-20(23)13-22(27(5,24)25)17-7-6-8-18(12-17)26-4/h6-12,16H,13H2,1-5H3,(H,21,23). The SMILES string of the molecule is COc1cccc(N(CC(=O)NC(C)c2ccc(C)cc2C)S(C)(=O)=O)c1. The van der Waals surface area contributed by atoms with Crippen LogP contribution >= 0.6 is 0 Å². The van der Waals surface area contributed by atoms with Crippen molar-refractivity contribution in [3.05, 3.63) is 59.2 Å². The summed E-state index contributed by atoms with van der Waals surface area (Å²) in [5, 5.41) is 2.88. The first-order chi connectivity index (χ1) is 12.6. The van der Waals surface area contributed by atoms with Gasteiger partial charge in [-0.15, -0.1) is 0 Å². The Kier molecular flexibility index (Phi) is 6.49. The number of rotatable bonds is 7. The molecule has 0 bridgehead atoms. The predicted molar refractivity (Wildman–Crippen MR) is 108 cm³/mol. The number of nitrogens with zero attached hydrogens (tertiary/aromatic N) is 1. The Bertz CT molecular complexity index is 925. The van der Waals surface area contributed by atoms with Crippen LogP contribution in [-0.2, 0) is 14.8 Å². The van der Waals surface area contributed by atoms with Crippen molar-refractivity contribution in [1.29, 1.82) is 0 Å². The first-order valence-corrected chi connectivity index (χ1v) is 10.4. The van der Waals surface area contributed by atoms with Crippen LogP contribution in [-0.4, -0.2) is 34.2 Å². The lowest BCUT2D eigenvalue weighted by Crippen LogP contribution is -2.41. The number of hydrogen-bond donors (Lipinski definition) is 1. The van der Waals surface area contributed by atoms with Crippen LogP contribution in [0.2, 0.25) is 0 Å². The van der Waals surface area contributed by atoms with Gasteiger partial charge in [-0.2, -0.15) is 0 Å². The maximum absolute atomic E-state index is 12.5. The molecule has 0 saturated heterocycles. The second-order valence-corrected chi connectivity index (χ2v) is 8.53. The number of carbonyl (C=O) groups excluding carboxylic acids is 1. The van der Waals surface area contributed by atoms with Crippen molar-refractivity contribution < 1.29 is 17.9 Å². The van der Waals surface area contributed by atoms with E-state index in [0.717, 1.165) is 27.3 Å². The lowest BCUT2D eigenvalue weighted by Gasteiger charge is -2.24. The van der Waals surface area contributed by atoms with Crippen LogP contribution in [0.1, 0.15) is 29.7 Å². The first kappa shape index (κ1) is 20.8. The molecule has 0 saturated carbocycles. The molecule has 1 amide bonds. The third-order valence-electron chi connectivity index (χ3n) is 4.30. The molecule has 0 radical (unpaired) electrons. The van der Waals surface area contributed by atoms with Crippen LogP contribution in [0, 0.1) is 13.8 Å². The fourth-order valence-electron chi connectivity index (χ4n) is 2.97. The topological polar surface area (TPSA) is 75.7 Å². The normalized spacial score (nSPS) is 12.3. The lowest BCUT2D eigenvalue weighted by molar-refractivity contribution is -0.120. The number of amides is 1. The molecule has 0 fully saturated rings. The molecule has 6 nitrogen and oxygen atoms in total. The zero-order valence-electron chi connectivity index (χ0n) is 16.3. The van der Waals surface area contributed by atoms with Gasteiger partial charge in [-0.1, -0.05) is 29.8 Å². The second kappa shape index (κ2) is 8.43. The molecule has 0 aromatic heterocycles. The van der Waals surface area contributed by atoms with E-state index in [1.165, 1.54) is 7.11 Å². The smallest absolute Gasteiger partial charge is 0.241 e. The molecule has 7 heteroatoms. The van der Waals surface area contributed by atoms with Crippen molar-refractivity contribution in [3.8, 4) is 5.75 Å². The van der Waals surface area contributed by atoms with Gasteiger partial charge in [0.25, 0.3) is 0 Å². The van der Waals surface area contributed by atoms with Crippen molar-refractivity contribution in [2.75, 3.05) is 24.2 Å². The van der Waals surface area contributed by atoms with Crippen LogP contribution in [0.25, 0.3) is 0 Å². The summed E-state index contributed by atoms with van der Waals surface area (Å²) in [4.78, 5) is 12.5. The number of anilines is 1.